The summed E-state index contributed by atoms with van der Waals surface area (Å²) in [6.07, 6.45) is 7.73. The minimum absolute atomic E-state index is 0.156. The highest BCUT2D eigenvalue weighted by Crippen LogP contribution is 2.24. The standard InChI is InChI=1S/C15H18ClF/c1-11-8-15(17)7-6-13(11)9-12-4-2-3-5-14(16)10-12/h6-8,10,14H,2-5,9H2,1H3. The van der Waals surface area contributed by atoms with Crippen LogP contribution in [0.3, 0.4) is 0 Å². The van der Waals surface area contributed by atoms with E-state index in [0.29, 0.717) is 0 Å². The Kier molecular flexibility index (Phi) is 4.22. The Labute approximate surface area is 107 Å². The van der Waals surface area contributed by atoms with Crippen molar-refractivity contribution in [2.75, 3.05) is 0 Å². The van der Waals surface area contributed by atoms with Gasteiger partial charge in [-0.05, 0) is 55.9 Å². The van der Waals surface area contributed by atoms with Crippen LogP contribution in [-0.2, 0) is 6.42 Å². The van der Waals surface area contributed by atoms with Crippen LogP contribution in [0.15, 0.2) is 29.8 Å². The number of allylic oxidation sites excluding steroid dienone is 2. The largest absolute Gasteiger partial charge is 0.207 e. The molecule has 0 amide bonds. The highest BCUT2D eigenvalue weighted by molar-refractivity contribution is 6.21. The number of rotatable bonds is 2. The van der Waals surface area contributed by atoms with Gasteiger partial charge in [-0.25, -0.2) is 4.39 Å². The van der Waals surface area contributed by atoms with Gasteiger partial charge in [-0.1, -0.05) is 24.1 Å². The number of hydrogen-bond donors (Lipinski definition) is 0. The molecular weight excluding hydrogens is 235 g/mol. The Morgan fingerprint density at radius 2 is 2.18 bits per heavy atom. The molecule has 0 spiro atoms. The van der Waals surface area contributed by atoms with E-state index in [2.05, 4.69) is 6.08 Å². The topological polar surface area (TPSA) is 0 Å². The van der Waals surface area contributed by atoms with Crippen molar-refractivity contribution in [1.29, 1.82) is 0 Å². The molecule has 1 unspecified atom stereocenters. The zero-order valence-corrected chi connectivity index (χ0v) is 10.9. The fourth-order valence-corrected chi connectivity index (χ4v) is 2.70. The number of benzene rings is 1. The first kappa shape index (κ1) is 12.6. The second-order valence-corrected chi connectivity index (χ2v) is 5.39. The highest BCUT2D eigenvalue weighted by Gasteiger charge is 2.11. The van der Waals surface area contributed by atoms with Gasteiger partial charge in [-0.2, -0.15) is 0 Å². The molecule has 0 aromatic heterocycles. The molecule has 1 aliphatic rings. The van der Waals surface area contributed by atoms with Gasteiger partial charge >= 0.3 is 0 Å². The molecule has 0 aliphatic heterocycles. The van der Waals surface area contributed by atoms with E-state index in [1.165, 1.54) is 30.0 Å². The van der Waals surface area contributed by atoms with E-state index in [1.807, 2.05) is 13.0 Å². The lowest BCUT2D eigenvalue weighted by atomic mass is 9.98. The minimum atomic E-state index is -0.156. The van der Waals surface area contributed by atoms with Crippen molar-refractivity contribution in [2.24, 2.45) is 0 Å². The summed E-state index contributed by atoms with van der Waals surface area (Å²) in [7, 11) is 0. The summed E-state index contributed by atoms with van der Waals surface area (Å²) in [6, 6.07) is 5.03. The molecule has 1 aromatic carbocycles. The Balaban J connectivity index is 2.14. The van der Waals surface area contributed by atoms with Crippen LogP contribution in [-0.4, -0.2) is 5.38 Å². The summed E-state index contributed by atoms with van der Waals surface area (Å²) in [5, 5.41) is 0.174. The molecular formula is C15H18ClF. The number of aryl methyl sites for hydroxylation is 1. The monoisotopic (exact) mass is 252 g/mol. The summed E-state index contributed by atoms with van der Waals surface area (Å²) < 4.78 is 13.0. The lowest BCUT2D eigenvalue weighted by Gasteiger charge is -2.09. The molecule has 0 bridgehead atoms. The van der Waals surface area contributed by atoms with E-state index in [0.717, 1.165) is 24.8 Å². The first-order chi connectivity index (χ1) is 8.15. The third kappa shape index (κ3) is 3.57. The molecule has 0 fully saturated rings. The van der Waals surface area contributed by atoms with Gasteiger partial charge in [0.2, 0.25) is 0 Å². The molecule has 2 heteroatoms. The molecule has 0 saturated carbocycles. The third-order valence-corrected chi connectivity index (χ3v) is 3.71. The van der Waals surface area contributed by atoms with Gasteiger partial charge in [0.05, 0.1) is 5.38 Å². The van der Waals surface area contributed by atoms with E-state index < -0.39 is 0 Å². The molecule has 17 heavy (non-hydrogen) atoms. The average molecular weight is 253 g/mol. The maximum absolute atomic E-state index is 13.0. The Morgan fingerprint density at radius 3 is 2.94 bits per heavy atom. The molecule has 0 nitrogen and oxygen atoms in total. The first-order valence-electron chi connectivity index (χ1n) is 6.24. The van der Waals surface area contributed by atoms with Crippen LogP contribution in [0.25, 0.3) is 0 Å². The van der Waals surface area contributed by atoms with Crippen LogP contribution in [0, 0.1) is 12.7 Å². The number of halogens is 2. The summed E-state index contributed by atoms with van der Waals surface area (Å²) in [6.45, 7) is 1.97. The van der Waals surface area contributed by atoms with Crippen LogP contribution >= 0.6 is 11.6 Å². The molecule has 0 saturated heterocycles. The van der Waals surface area contributed by atoms with E-state index in [-0.39, 0.29) is 11.2 Å². The lowest BCUT2D eigenvalue weighted by molar-refractivity contribution is 0.625. The Bertz CT molecular complexity index is 423. The predicted molar refractivity (Wildman–Crippen MR) is 71.0 cm³/mol. The molecule has 92 valence electrons. The van der Waals surface area contributed by atoms with Crippen LogP contribution in [0.2, 0.25) is 0 Å². The lowest BCUT2D eigenvalue weighted by Crippen LogP contribution is -1.97. The molecule has 1 aliphatic carbocycles. The fourth-order valence-electron chi connectivity index (χ4n) is 2.36. The van der Waals surface area contributed by atoms with Gasteiger partial charge in [0, 0.05) is 0 Å². The van der Waals surface area contributed by atoms with E-state index in [4.69, 9.17) is 11.6 Å². The normalized spacial score (nSPS) is 20.9. The molecule has 0 heterocycles. The zero-order chi connectivity index (χ0) is 12.3. The first-order valence-corrected chi connectivity index (χ1v) is 6.67. The molecule has 2 rings (SSSR count). The Hall–Kier alpha value is -0.820. The van der Waals surface area contributed by atoms with Crippen molar-refractivity contribution < 1.29 is 4.39 Å². The molecule has 0 radical (unpaired) electrons. The second kappa shape index (κ2) is 5.68. The van der Waals surface area contributed by atoms with Crippen molar-refractivity contribution >= 4 is 11.6 Å². The van der Waals surface area contributed by atoms with E-state index in [1.54, 1.807) is 6.07 Å². The van der Waals surface area contributed by atoms with Crippen molar-refractivity contribution in [1.82, 2.24) is 0 Å². The maximum atomic E-state index is 13.0. The van der Waals surface area contributed by atoms with Crippen LogP contribution < -0.4 is 0 Å². The van der Waals surface area contributed by atoms with Gasteiger partial charge in [-0.15, -0.1) is 11.6 Å². The van der Waals surface area contributed by atoms with E-state index >= 15 is 0 Å². The SMILES string of the molecule is Cc1cc(F)ccc1CC1=CC(Cl)CCCC1. The van der Waals surface area contributed by atoms with Crippen molar-refractivity contribution in [3.63, 3.8) is 0 Å². The van der Waals surface area contributed by atoms with Crippen molar-refractivity contribution in [3.05, 3.63) is 46.8 Å². The minimum Gasteiger partial charge on any atom is -0.207 e. The quantitative estimate of drug-likeness (QED) is 0.525. The van der Waals surface area contributed by atoms with Gasteiger partial charge in [0.15, 0.2) is 0 Å². The average Bonchev–Trinajstić information content (AvgIpc) is 2.47. The molecule has 1 aromatic rings. The number of alkyl halides is 1. The van der Waals surface area contributed by atoms with Crippen molar-refractivity contribution in [2.45, 2.75) is 44.4 Å². The summed E-state index contributed by atoms with van der Waals surface area (Å²) in [4.78, 5) is 0. The van der Waals surface area contributed by atoms with Gasteiger partial charge in [0.1, 0.15) is 5.82 Å². The van der Waals surface area contributed by atoms with Gasteiger partial charge in [0.25, 0.3) is 0 Å². The molecule has 1 atom stereocenters. The second-order valence-electron chi connectivity index (χ2n) is 4.83. The summed E-state index contributed by atoms with van der Waals surface area (Å²) >= 11 is 6.21. The summed E-state index contributed by atoms with van der Waals surface area (Å²) in [5.74, 6) is -0.156. The van der Waals surface area contributed by atoms with Gasteiger partial charge in [-0.3, -0.25) is 0 Å². The Morgan fingerprint density at radius 1 is 1.35 bits per heavy atom. The van der Waals surface area contributed by atoms with Crippen molar-refractivity contribution in [3.8, 4) is 0 Å². The van der Waals surface area contributed by atoms with Crippen LogP contribution in [0.1, 0.15) is 36.8 Å². The highest BCUT2D eigenvalue weighted by atomic mass is 35.5. The third-order valence-electron chi connectivity index (χ3n) is 3.37. The summed E-state index contributed by atoms with van der Waals surface area (Å²) in [5.41, 5.74) is 3.64. The molecule has 0 N–H and O–H groups in total. The van der Waals surface area contributed by atoms with Crippen LogP contribution in [0.5, 0.6) is 0 Å². The fraction of sp³-hybridized carbons (Fsp3) is 0.467. The predicted octanol–water partition coefficient (Wildman–Crippen LogP) is 4.78. The van der Waals surface area contributed by atoms with Crippen LogP contribution in [0.4, 0.5) is 4.39 Å². The van der Waals surface area contributed by atoms with E-state index in [9.17, 15) is 4.39 Å². The van der Waals surface area contributed by atoms with Gasteiger partial charge < -0.3 is 0 Å². The number of hydrogen-bond acceptors (Lipinski definition) is 0. The zero-order valence-electron chi connectivity index (χ0n) is 10.2. The maximum Gasteiger partial charge on any atom is 0.123 e. The smallest absolute Gasteiger partial charge is 0.123 e.